The Labute approximate surface area is 164 Å². The molecule has 0 aliphatic heterocycles. The summed E-state index contributed by atoms with van der Waals surface area (Å²) < 4.78 is 1.52. The largest absolute Gasteiger partial charge is 0.292 e. The number of Topliss-reactive ketones (excluding diaryl/α,β-unsaturated/α-hetero) is 1. The summed E-state index contributed by atoms with van der Waals surface area (Å²) in [4.78, 5) is 31.7. The Bertz CT molecular complexity index is 1040. The Hall–Kier alpha value is -1.89. The predicted octanol–water partition coefficient (Wildman–Crippen LogP) is 4.83. The van der Waals surface area contributed by atoms with Crippen molar-refractivity contribution < 1.29 is 4.79 Å². The molecule has 7 heteroatoms. The van der Waals surface area contributed by atoms with Gasteiger partial charge in [0, 0.05) is 16.4 Å². The topological polar surface area (TPSA) is 52.0 Å². The van der Waals surface area contributed by atoms with Gasteiger partial charge in [0.2, 0.25) is 0 Å². The highest BCUT2D eigenvalue weighted by Crippen LogP contribution is 2.23. The number of carbonyl (C=O) groups excluding carboxylic acids is 1. The number of fused-ring (bicyclic) bond motifs is 1. The number of aromatic nitrogens is 2. The molecule has 0 radical (unpaired) electrons. The van der Waals surface area contributed by atoms with Crippen molar-refractivity contribution in [1.29, 1.82) is 0 Å². The van der Waals surface area contributed by atoms with E-state index in [0.29, 0.717) is 27.6 Å². The molecule has 3 aromatic rings. The third kappa shape index (κ3) is 3.92. The number of carbonyl (C=O) groups is 1. The predicted molar refractivity (Wildman–Crippen MR) is 110 cm³/mol. The molecule has 3 rings (SSSR count). The van der Waals surface area contributed by atoms with E-state index in [4.69, 9.17) is 11.6 Å². The number of halogens is 1. The average molecular weight is 405 g/mol. The molecule has 26 heavy (non-hydrogen) atoms. The summed E-state index contributed by atoms with van der Waals surface area (Å²) in [6.45, 7) is 6.09. The first kappa shape index (κ1) is 18.9. The molecular weight excluding hydrogens is 388 g/mol. The van der Waals surface area contributed by atoms with Crippen molar-refractivity contribution in [3.05, 3.63) is 68.1 Å². The Balaban J connectivity index is 1.92. The van der Waals surface area contributed by atoms with E-state index in [9.17, 15) is 9.59 Å². The highest BCUT2D eigenvalue weighted by molar-refractivity contribution is 7.99. The first-order valence-electron chi connectivity index (χ1n) is 8.09. The van der Waals surface area contributed by atoms with Gasteiger partial charge in [0.05, 0.1) is 21.5 Å². The number of hydrogen-bond acceptors (Lipinski definition) is 5. The van der Waals surface area contributed by atoms with Crippen LogP contribution >= 0.6 is 34.7 Å². The van der Waals surface area contributed by atoms with Crippen LogP contribution in [0, 0.1) is 0 Å². The number of thiophene rings is 1. The fourth-order valence-electron chi connectivity index (χ4n) is 2.49. The summed E-state index contributed by atoms with van der Waals surface area (Å²) in [6, 6.07) is 8.87. The molecular formula is C19H17ClN2O2S2. The van der Waals surface area contributed by atoms with Crippen molar-refractivity contribution in [2.45, 2.75) is 25.0 Å². The number of benzene rings is 1. The molecule has 1 aromatic carbocycles. The van der Waals surface area contributed by atoms with E-state index in [1.807, 2.05) is 12.1 Å². The molecule has 0 aliphatic carbocycles. The molecule has 0 unspecified atom stereocenters. The standard InChI is InChI=1S/C19H17ClN2O2S2/c1-3-9-22-18(24)14-10-12(20)5-7-15(14)21-19(22)25-11-16(23)17-8-6-13(4-2)26-17/h3,5-8,10H,1,4,9,11H2,2H3. The van der Waals surface area contributed by atoms with Crippen LogP contribution in [0.5, 0.6) is 0 Å². The maximum Gasteiger partial charge on any atom is 0.262 e. The number of nitrogens with zero attached hydrogens (tertiary/aromatic N) is 2. The zero-order chi connectivity index (χ0) is 18.7. The number of aryl methyl sites for hydroxylation is 1. The van der Waals surface area contributed by atoms with Gasteiger partial charge in [-0.1, -0.05) is 36.4 Å². The van der Waals surface area contributed by atoms with Crippen molar-refractivity contribution in [3.63, 3.8) is 0 Å². The zero-order valence-corrected chi connectivity index (χ0v) is 16.6. The number of hydrogen-bond donors (Lipinski definition) is 0. The second-order valence-electron chi connectivity index (χ2n) is 5.59. The smallest absolute Gasteiger partial charge is 0.262 e. The lowest BCUT2D eigenvalue weighted by Gasteiger charge is -2.11. The van der Waals surface area contributed by atoms with Crippen molar-refractivity contribution >= 4 is 51.4 Å². The lowest BCUT2D eigenvalue weighted by Crippen LogP contribution is -2.23. The summed E-state index contributed by atoms with van der Waals surface area (Å²) in [5.74, 6) is 0.266. The Morgan fingerprint density at radius 3 is 2.88 bits per heavy atom. The van der Waals surface area contributed by atoms with Crippen LogP contribution in [-0.2, 0) is 13.0 Å². The minimum atomic E-state index is -0.184. The van der Waals surface area contributed by atoms with Gasteiger partial charge in [0.1, 0.15) is 0 Å². The van der Waals surface area contributed by atoms with Gasteiger partial charge in [-0.05, 0) is 36.8 Å². The Morgan fingerprint density at radius 2 is 2.19 bits per heavy atom. The van der Waals surface area contributed by atoms with Crippen LogP contribution in [0.25, 0.3) is 10.9 Å². The molecule has 0 atom stereocenters. The van der Waals surface area contributed by atoms with Crippen molar-refractivity contribution in [3.8, 4) is 0 Å². The molecule has 0 saturated carbocycles. The van der Waals surface area contributed by atoms with Crippen LogP contribution in [0.3, 0.4) is 0 Å². The van der Waals surface area contributed by atoms with Crippen LogP contribution in [0.1, 0.15) is 21.5 Å². The molecule has 0 N–H and O–H groups in total. The minimum Gasteiger partial charge on any atom is -0.292 e. The lowest BCUT2D eigenvalue weighted by atomic mass is 10.2. The van der Waals surface area contributed by atoms with Gasteiger partial charge in [0.15, 0.2) is 10.9 Å². The van der Waals surface area contributed by atoms with Crippen molar-refractivity contribution in [2.24, 2.45) is 0 Å². The monoisotopic (exact) mass is 404 g/mol. The van der Waals surface area contributed by atoms with Gasteiger partial charge in [-0.15, -0.1) is 17.9 Å². The fourth-order valence-corrected chi connectivity index (χ4v) is 4.53. The van der Waals surface area contributed by atoms with Gasteiger partial charge in [-0.3, -0.25) is 14.2 Å². The average Bonchev–Trinajstić information content (AvgIpc) is 3.12. The molecule has 2 heterocycles. The number of ketones is 1. The normalized spacial score (nSPS) is 11.0. The van der Waals surface area contributed by atoms with Crippen LogP contribution in [-0.4, -0.2) is 21.1 Å². The van der Waals surface area contributed by atoms with Gasteiger partial charge >= 0.3 is 0 Å². The van der Waals surface area contributed by atoms with Gasteiger partial charge in [0.25, 0.3) is 5.56 Å². The highest BCUT2D eigenvalue weighted by Gasteiger charge is 2.15. The molecule has 0 amide bonds. The minimum absolute atomic E-state index is 0.0373. The third-order valence-electron chi connectivity index (χ3n) is 3.81. The molecule has 0 saturated heterocycles. The van der Waals surface area contributed by atoms with Gasteiger partial charge in [-0.25, -0.2) is 4.98 Å². The molecule has 0 fully saturated rings. The first-order chi connectivity index (χ1) is 12.5. The molecule has 0 aliphatic rings. The lowest BCUT2D eigenvalue weighted by molar-refractivity contribution is 0.102. The summed E-state index contributed by atoms with van der Waals surface area (Å²) >= 11 is 8.78. The van der Waals surface area contributed by atoms with E-state index in [0.717, 1.165) is 11.3 Å². The second kappa shape index (κ2) is 8.20. The number of rotatable bonds is 7. The Morgan fingerprint density at radius 1 is 1.38 bits per heavy atom. The Kier molecular flexibility index (Phi) is 5.96. The summed E-state index contributed by atoms with van der Waals surface area (Å²) in [6.07, 6.45) is 2.55. The van der Waals surface area contributed by atoms with Gasteiger partial charge < -0.3 is 0 Å². The van der Waals surface area contributed by atoms with Crippen molar-refractivity contribution in [1.82, 2.24) is 9.55 Å². The van der Waals surface area contributed by atoms with E-state index in [1.54, 1.807) is 24.3 Å². The quantitative estimate of drug-likeness (QED) is 0.245. The van der Waals surface area contributed by atoms with E-state index in [1.165, 1.54) is 32.5 Å². The van der Waals surface area contributed by atoms with Crippen molar-refractivity contribution in [2.75, 3.05) is 5.75 Å². The first-order valence-corrected chi connectivity index (χ1v) is 10.3. The van der Waals surface area contributed by atoms with E-state index in [2.05, 4.69) is 18.5 Å². The van der Waals surface area contributed by atoms with E-state index >= 15 is 0 Å². The summed E-state index contributed by atoms with van der Waals surface area (Å²) in [5.41, 5.74) is 0.385. The highest BCUT2D eigenvalue weighted by atomic mass is 35.5. The van der Waals surface area contributed by atoms with Crippen LogP contribution < -0.4 is 5.56 Å². The number of allylic oxidation sites excluding steroid dienone is 1. The zero-order valence-electron chi connectivity index (χ0n) is 14.2. The SMILES string of the molecule is C=CCn1c(SCC(=O)c2ccc(CC)s2)nc2ccc(Cl)cc2c1=O. The maximum atomic E-state index is 12.8. The molecule has 2 aromatic heterocycles. The van der Waals surface area contributed by atoms with E-state index < -0.39 is 0 Å². The molecule has 134 valence electrons. The van der Waals surface area contributed by atoms with E-state index in [-0.39, 0.29) is 17.1 Å². The molecule has 0 spiro atoms. The summed E-state index contributed by atoms with van der Waals surface area (Å²) in [7, 11) is 0. The fraction of sp³-hybridized carbons (Fsp3) is 0.211. The number of thioether (sulfide) groups is 1. The second-order valence-corrected chi connectivity index (χ2v) is 8.14. The third-order valence-corrected chi connectivity index (χ3v) is 6.29. The van der Waals surface area contributed by atoms with Gasteiger partial charge in [-0.2, -0.15) is 0 Å². The summed E-state index contributed by atoms with van der Waals surface area (Å²) in [5, 5.41) is 1.45. The van der Waals surface area contributed by atoms with Crippen LogP contribution in [0.2, 0.25) is 5.02 Å². The van der Waals surface area contributed by atoms with Crippen LogP contribution in [0.4, 0.5) is 0 Å². The van der Waals surface area contributed by atoms with Crippen LogP contribution in [0.15, 0.2) is 52.9 Å². The molecule has 4 nitrogen and oxygen atoms in total. The molecule has 0 bridgehead atoms. The maximum absolute atomic E-state index is 12.8.